The first-order valence-corrected chi connectivity index (χ1v) is 10.2. The molecule has 0 aliphatic carbocycles. The normalized spacial score (nSPS) is 21.7. The first kappa shape index (κ1) is 18.2. The Morgan fingerprint density at radius 1 is 1.21 bits per heavy atom. The number of likely N-dealkylation sites (N-methyl/N-ethyl adjacent to an activating group) is 1. The minimum atomic E-state index is 0.119. The van der Waals surface area contributed by atoms with Crippen molar-refractivity contribution in [1.29, 1.82) is 0 Å². The number of benzene rings is 2. The first-order valence-electron chi connectivity index (χ1n) is 10.2. The van der Waals surface area contributed by atoms with E-state index in [9.17, 15) is 4.79 Å². The molecule has 0 unspecified atom stereocenters. The number of para-hydroxylation sites is 1. The number of rotatable bonds is 4. The van der Waals surface area contributed by atoms with Gasteiger partial charge in [0.05, 0.1) is 31.0 Å². The number of imidazole rings is 1. The van der Waals surface area contributed by atoms with Crippen LogP contribution in [0.25, 0.3) is 11.0 Å². The minimum absolute atomic E-state index is 0.119. The van der Waals surface area contributed by atoms with E-state index in [0.29, 0.717) is 18.5 Å². The summed E-state index contributed by atoms with van der Waals surface area (Å²) in [7, 11) is 3.85. The number of methoxy groups -OCH3 is 1. The predicted octanol–water partition coefficient (Wildman–Crippen LogP) is 2.87. The van der Waals surface area contributed by atoms with Gasteiger partial charge in [-0.2, -0.15) is 0 Å². The highest BCUT2D eigenvalue weighted by Crippen LogP contribution is 2.31. The summed E-state index contributed by atoms with van der Waals surface area (Å²) in [6, 6.07) is 14.4. The van der Waals surface area contributed by atoms with E-state index in [4.69, 9.17) is 4.74 Å². The number of amides is 1. The van der Waals surface area contributed by atoms with Crippen molar-refractivity contribution in [3.05, 3.63) is 59.9 Å². The lowest BCUT2D eigenvalue weighted by Crippen LogP contribution is -2.35. The van der Waals surface area contributed by atoms with Gasteiger partial charge in [0.25, 0.3) is 5.91 Å². The summed E-state index contributed by atoms with van der Waals surface area (Å²) in [6.45, 7) is 3.52. The zero-order valence-corrected chi connectivity index (χ0v) is 16.9. The Kier molecular flexibility index (Phi) is 4.51. The molecule has 1 amide bonds. The molecule has 5 rings (SSSR count). The summed E-state index contributed by atoms with van der Waals surface area (Å²) >= 11 is 0. The third-order valence-corrected chi connectivity index (χ3v) is 6.51. The minimum Gasteiger partial charge on any atom is -0.496 e. The molecular formula is C23H26N4O2. The van der Waals surface area contributed by atoms with Gasteiger partial charge in [-0.15, -0.1) is 0 Å². The van der Waals surface area contributed by atoms with Gasteiger partial charge in [-0.25, -0.2) is 4.98 Å². The Balaban J connectivity index is 1.37. The Morgan fingerprint density at radius 3 is 2.90 bits per heavy atom. The topological polar surface area (TPSA) is 50.6 Å². The van der Waals surface area contributed by atoms with E-state index in [1.807, 2.05) is 47.6 Å². The van der Waals surface area contributed by atoms with Crippen LogP contribution < -0.4 is 4.74 Å². The molecule has 1 aromatic heterocycles. The Bertz CT molecular complexity index is 1060. The van der Waals surface area contributed by atoms with E-state index in [0.717, 1.165) is 47.5 Å². The number of nitrogens with zero attached hydrogens (tertiary/aromatic N) is 4. The summed E-state index contributed by atoms with van der Waals surface area (Å²) in [5.74, 6) is 1.60. The van der Waals surface area contributed by atoms with Crippen LogP contribution in [0.4, 0.5) is 0 Å². The van der Waals surface area contributed by atoms with Crippen molar-refractivity contribution < 1.29 is 9.53 Å². The molecule has 0 bridgehead atoms. The number of ether oxygens (including phenoxy) is 1. The number of hydrogen-bond acceptors (Lipinski definition) is 4. The number of fused-ring (bicyclic) bond motifs is 2. The quantitative estimate of drug-likeness (QED) is 0.687. The highest BCUT2D eigenvalue weighted by molar-refractivity contribution is 5.97. The van der Waals surface area contributed by atoms with Gasteiger partial charge < -0.3 is 19.1 Å². The molecule has 2 aromatic carbocycles. The van der Waals surface area contributed by atoms with E-state index in [-0.39, 0.29) is 5.91 Å². The molecule has 3 heterocycles. The van der Waals surface area contributed by atoms with Crippen molar-refractivity contribution in [2.24, 2.45) is 5.92 Å². The van der Waals surface area contributed by atoms with Gasteiger partial charge in [0, 0.05) is 30.3 Å². The highest BCUT2D eigenvalue weighted by Gasteiger charge is 2.41. The molecule has 2 saturated heterocycles. The van der Waals surface area contributed by atoms with E-state index in [2.05, 4.69) is 27.6 Å². The highest BCUT2D eigenvalue weighted by atomic mass is 16.5. The number of likely N-dealkylation sites (tertiary alicyclic amines) is 2. The van der Waals surface area contributed by atoms with Crippen LogP contribution in [0.15, 0.2) is 48.8 Å². The average molecular weight is 390 g/mol. The van der Waals surface area contributed by atoms with Gasteiger partial charge in [0.15, 0.2) is 0 Å². The molecule has 0 spiro atoms. The molecule has 2 atom stereocenters. The van der Waals surface area contributed by atoms with Gasteiger partial charge in [-0.05, 0) is 50.2 Å². The van der Waals surface area contributed by atoms with E-state index in [1.165, 1.54) is 6.42 Å². The summed E-state index contributed by atoms with van der Waals surface area (Å²) in [5.41, 5.74) is 3.69. The third kappa shape index (κ3) is 3.17. The van der Waals surface area contributed by atoms with E-state index >= 15 is 0 Å². The lowest BCUT2D eigenvalue weighted by atomic mass is 10.1. The van der Waals surface area contributed by atoms with Crippen LogP contribution in [-0.4, -0.2) is 65.1 Å². The molecule has 6 nitrogen and oxygen atoms in total. The molecule has 0 radical (unpaired) electrons. The fourth-order valence-corrected chi connectivity index (χ4v) is 4.86. The van der Waals surface area contributed by atoms with Gasteiger partial charge >= 0.3 is 0 Å². The molecule has 0 N–H and O–H groups in total. The van der Waals surface area contributed by atoms with Gasteiger partial charge in [-0.1, -0.05) is 18.2 Å². The summed E-state index contributed by atoms with van der Waals surface area (Å²) in [5, 5.41) is 0. The Labute approximate surface area is 170 Å². The van der Waals surface area contributed by atoms with Crippen LogP contribution in [0.2, 0.25) is 0 Å². The molecule has 2 aliphatic rings. The van der Waals surface area contributed by atoms with Crippen molar-refractivity contribution in [3.8, 4) is 5.75 Å². The zero-order chi connectivity index (χ0) is 20.0. The molecule has 6 heteroatoms. The third-order valence-electron chi connectivity index (χ3n) is 6.51. The van der Waals surface area contributed by atoms with Crippen molar-refractivity contribution in [3.63, 3.8) is 0 Å². The van der Waals surface area contributed by atoms with Crippen molar-refractivity contribution in [2.75, 3.05) is 33.8 Å². The number of carbonyl (C=O) groups is 1. The molecule has 150 valence electrons. The molecular weight excluding hydrogens is 364 g/mol. The molecule has 3 aromatic rings. The van der Waals surface area contributed by atoms with Crippen LogP contribution in [0.5, 0.6) is 5.75 Å². The SMILES string of the molecule is COc1ccccc1Cn1cnc2cc(C(=O)N3C[C@@H]4CCN(C)[C@@H]4C3)ccc21. The van der Waals surface area contributed by atoms with Gasteiger partial charge in [0.1, 0.15) is 5.75 Å². The second-order valence-corrected chi connectivity index (χ2v) is 8.19. The molecule has 2 fully saturated rings. The van der Waals surface area contributed by atoms with Crippen molar-refractivity contribution >= 4 is 16.9 Å². The second kappa shape index (κ2) is 7.19. The first-order chi connectivity index (χ1) is 14.1. The maximum atomic E-state index is 13.1. The lowest BCUT2D eigenvalue weighted by Gasteiger charge is -2.20. The van der Waals surface area contributed by atoms with Gasteiger partial charge in [0.2, 0.25) is 0 Å². The van der Waals surface area contributed by atoms with Crippen molar-refractivity contribution in [1.82, 2.24) is 19.4 Å². The maximum absolute atomic E-state index is 13.1. The van der Waals surface area contributed by atoms with Crippen LogP contribution in [0.1, 0.15) is 22.3 Å². The fourth-order valence-electron chi connectivity index (χ4n) is 4.86. The standard InChI is InChI=1S/C23H26N4O2/c1-25-10-9-17-12-26(14-21(17)25)23(28)16-7-8-20-19(11-16)24-15-27(20)13-18-5-3-4-6-22(18)29-2/h3-8,11,15,17,21H,9-10,12-14H2,1-2H3/t17-,21+/m0/s1. The zero-order valence-electron chi connectivity index (χ0n) is 16.9. The molecule has 29 heavy (non-hydrogen) atoms. The monoisotopic (exact) mass is 390 g/mol. The smallest absolute Gasteiger partial charge is 0.253 e. The van der Waals surface area contributed by atoms with Crippen LogP contribution in [-0.2, 0) is 6.54 Å². The second-order valence-electron chi connectivity index (χ2n) is 8.19. The lowest BCUT2D eigenvalue weighted by molar-refractivity contribution is 0.0775. The van der Waals surface area contributed by atoms with E-state index < -0.39 is 0 Å². The largest absolute Gasteiger partial charge is 0.496 e. The fraction of sp³-hybridized carbons (Fsp3) is 0.391. The van der Waals surface area contributed by atoms with Crippen LogP contribution in [0, 0.1) is 5.92 Å². The number of hydrogen-bond donors (Lipinski definition) is 0. The summed E-state index contributed by atoms with van der Waals surface area (Å²) in [4.78, 5) is 22.0. The number of carbonyl (C=O) groups excluding carboxylic acids is 1. The summed E-state index contributed by atoms with van der Waals surface area (Å²) in [6.07, 6.45) is 3.03. The Morgan fingerprint density at radius 2 is 2.07 bits per heavy atom. The molecule has 0 saturated carbocycles. The van der Waals surface area contributed by atoms with Crippen LogP contribution in [0.3, 0.4) is 0 Å². The Hall–Kier alpha value is -2.86. The van der Waals surface area contributed by atoms with Gasteiger partial charge in [-0.3, -0.25) is 4.79 Å². The number of aromatic nitrogens is 2. The van der Waals surface area contributed by atoms with Crippen LogP contribution >= 0.6 is 0 Å². The predicted molar refractivity (Wildman–Crippen MR) is 112 cm³/mol. The molecule has 2 aliphatic heterocycles. The summed E-state index contributed by atoms with van der Waals surface area (Å²) < 4.78 is 7.56. The van der Waals surface area contributed by atoms with E-state index in [1.54, 1.807) is 7.11 Å². The van der Waals surface area contributed by atoms with Crippen molar-refractivity contribution in [2.45, 2.75) is 19.0 Å². The average Bonchev–Trinajstić information content (AvgIpc) is 3.44. The maximum Gasteiger partial charge on any atom is 0.253 e.